The van der Waals surface area contributed by atoms with E-state index in [0.29, 0.717) is 0 Å². The van der Waals surface area contributed by atoms with Gasteiger partial charge >= 0.3 is 0 Å². The first-order valence-electron chi connectivity index (χ1n) is 10.3. The van der Waals surface area contributed by atoms with Crippen molar-refractivity contribution in [3.05, 3.63) is 59.5 Å². The molecule has 29 heavy (non-hydrogen) atoms. The molecule has 0 atom stereocenters. The zero-order valence-corrected chi connectivity index (χ0v) is 19.7. The van der Waals surface area contributed by atoms with Crippen LogP contribution in [-0.4, -0.2) is 19.4 Å². The molecule has 1 heterocycles. The van der Waals surface area contributed by atoms with E-state index in [1.165, 1.54) is 17.6 Å². The highest BCUT2D eigenvalue weighted by Gasteiger charge is 2.40. The number of nitrogens with zero attached hydrogens (tertiary/aromatic N) is 1. The number of halogens is 1. The van der Waals surface area contributed by atoms with E-state index in [0.717, 1.165) is 41.0 Å². The van der Waals surface area contributed by atoms with E-state index in [2.05, 4.69) is 75.9 Å². The Bertz CT molecular complexity index is 1000. The van der Waals surface area contributed by atoms with Gasteiger partial charge in [0.25, 0.3) is 8.32 Å². The standard InChI is InChI=1S/C24H33FN2OSi/c1-17-23(28-29(6,7)24(2,3)4)21-16-20(12-13-22(21)27(17)5)26-15-14-18-8-10-19(25)11-9-18/h8-13,16,26H,14-15H2,1-7H3. The molecular formula is C24H33FN2OSi. The van der Waals surface area contributed by atoms with Gasteiger partial charge in [-0.15, -0.1) is 0 Å². The fourth-order valence-corrected chi connectivity index (χ4v) is 4.26. The first-order valence-corrected chi connectivity index (χ1v) is 13.2. The fraction of sp³-hybridized carbons (Fsp3) is 0.417. The lowest BCUT2D eigenvalue weighted by atomic mass is 10.1. The average molecular weight is 413 g/mol. The summed E-state index contributed by atoms with van der Waals surface area (Å²) >= 11 is 0. The molecule has 0 fully saturated rings. The van der Waals surface area contributed by atoms with Crippen molar-refractivity contribution < 1.29 is 8.82 Å². The number of fused-ring (bicyclic) bond motifs is 1. The molecular weight excluding hydrogens is 379 g/mol. The zero-order chi connectivity index (χ0) is 21.4. The first kappa shape index (κ1) is 21.4. The highest BCUT2D eigenvalue weighted by atomic mass is 28.4. The van der Waals surface area contributed by atoms with E-state index in [1.54, 1.807) is 0 Å². The number of aromatic nitrogens is 1. The number of rotatable bonds is 6. The van der Waals surface area contributed by atoms with Gasteiger partial charge in [0.15, 0.2) is 0 Å². The van der Waals surface area contributed by atoms with Gasteiger partial charge in [-0.3, -0.25) is 0 Å². The van der Waals surface area contributed by atoms with Crippen molar-refractivity contribution in [3.8, 4) is 5.75 Å². The molecule has 3 nitrogen and oxygen atoms in total. The predicted molar refractivity (Wildman–Crippen MR) is 124 cm³/mol. The minimum absolute atomic E-state index is 0.145. The predicted octanol–water partition coefficient (Wildman–Crippen LogP) is 6.66. The Labute approximate surface area is 175 Å². The summed E-state index contributed by atoms with van der Waals surface area (Å²) in [5.41, 5.74) is 4.54. The Hall–Kier alpha value is -2.27. The maximum Gasteiger partial charge on any atom is 0.250 e. The van der Waals surface area contributed by atoms with E-state index in [1.807, 2.05) is 12.1 Å². The molecule has 0 saturated carbocycles. The average Bonchev–Trinajstić information content (AvgIpc) is 2.87. The molecule has 0 saturated heterocycles. The van der Waals surface area contributed by atoms with Gasteiger partial charge < -0.3 is 14.3 Å². The quantitative estimate of drug-likeness (QED) is 0.458. The third-order valence-corrected chi connectivity index (χ3v) is 10.6. The van der Waals surface area contributed by atoms with E-state index >= 15 is 0 Å². The van der Waals surface area contributed by atoms with Gasteiger partial charge in [0, 0.05) is 24.7 Å². The van der Waals surface area contributed by atoms with Crippen LogP contribution in [0.3, 0.4) is 0 Å². The molecule has 0 aliphatic heterocycles. The number of hydrogen-bond acceptors (Lipinski definition) is 2. The van der Waals surface area contributed by atoms with Gasteiger partial charge in [-0.1, -0.05) is 32.9 Å². The van der Waals surface area contributed by atoms with Crippen LogP contribution in [0.1, 0.15) is 32.0 Å². The summed E-state index contributed by atoms with van der Waals surface area (Å²) in [5, 5.41) is 4.80. The van der Waals surface area contributed by atoms with Crippen molar-refractivity contribution >= 4 is 24.9 Å². The van der Waals surface area contributed by atoms with E-state index in [-0.39, 0.29) is 10.9 Å². The maximum absolute atomic E-state index is 13.1. The largest absolute Gasteiger partial charge is 0.542 e. The molecule has 2 aromatic carbocycles. The Morgan fingerprint density at radius 2 is 1.72 bits per heavy atom. The lowest BCUT2D eigenvalue weighted by Crippen LogP contribution is -2.44. The minimum Gasteiger partial charge on any atom is -0.542 e. The lowest BCUT2D eigenvalue weighted by molar-refractivity contribution is 0.491. The maximum atomic E-state index is 13.1. The van der Waals surface area contributed by atoms with Gasteiger partial charge in [0.2, 0.25) is 0 Å². The molecule has 1 aromatic heterocycles. The molecule has 3 rings (SSSR count). The summed E-state index contributed by atoms with van der Waals surface area (Å²) in [6, 6.07) is 13.2. The van der Waals surface area contributed by atoms with Gasteiger partial charge in [-0.05, 0) is 67.4 Å². The molecule has 0 aliphatic carbocycles. The van der Waals surface area contributed by atoms with E-state index in [4.69, 9.17) is 4.43 Å². The Morgan fingerprint density at radius 3 is 2.34 bits per heavy atom. The van der Waals surface area contributed by atoms with Crippen molar-refractivity contribution in [2.45, 2.75) is 52.2 Å². The molecule has 156 valence electrons. The SMILES string of the molecule is Cc1c(O[Si](C)(C)C(C)(C)C)c2cc(NCCc3ccc(F)cc3)ccc2n1C. The minimum atomic E-state index is -1.94. The van der Waals surface area contributed by atoms with Crippen LogP contribution in [-0.2, 0) is 13.5 Å². The molecule has 1 N–H and O–H groups in total. The molecule has 0 aliphatic rings. The van der Waals surface area contributed by atoms with Crippen LogP contribution in [0.2, 0.25) is 18.1 Å². The third kappa shape index (κ3) is 4.50. The van der Waals surface area contributed by atoms with Gasteiger partial charge in [-0.2, -0.15) is 0 Å². The summed E-state index contributed by atoms with van der Waals surface area (Å²) in [6.07, 6.45) is 0.847. The summed E-state index contributed by atoms with van der Waals surface area (Å²) < 4.78 is 22.0. The summed E-state index contributed by atoms with van der Waals surface area (Å²) in [4.78, 5) is 0. The highest BCUT2D eigenvalue weighted by Crippen LogP contribution is 2.41. The molecule has 0 amide bonds. The second-order valence-electron chi connectivity index (χ2n) is 9.37. The second-order valence-corrected chi connectivity index (χ2v) is 14.1. The number of nitrogens with one attached hydrogen (secondary N) is 1. The van der Waals surface area contributed by atoms with E-state index in [9.17, 15) is 4.39 Å². The zero-order valence-electron chi connectivity index (χ0n) is 18.7. The Kier molecular flexibility index (Phi) is 5.81. The summed E-state index contributed by atoms with van der Waals surface area (Å²) in [6.45, 7) is 14.3. The number of aryl methyl sites for hydroxylation is 1. The Morgan fingerprint density at radius 1 is 1.07 bits per heavy atom. The molecule has 5 heteroatoms. The van der Waals surface area contributed by atoms with Crippen LogP contribution < -0.4 is 9.74 Å². The van der Waals surface area contributed by atoms with Crippen molar-refractivity contribution in [1.82, 2.24) is 4.57 Å². The van der Waals surface area contributed by atoms with Crippen LogP contribution in [0.25, 0.3) is 10.9 Å². The number of benzene rings is 2. The molecule has 3 aromatic rings. The third-order valence-electron chi connectivity index (χ3n) is 6.25. The van der Waals surface area contributed by atoms with Crippen molar-refractivity contribution in [2.24, 2.45) is 7.05 Å². The smallest absolute Gasteiger partial charge is 0.250 e. The highest BCUT2D eigenvalue weighted by molar-refractivity contribution is 6.74. The monoisotopic (exact) mass is 412 g/mol. The van der Waals surface area contributed by atoms with Gasteiger partial charge in [0.05, 0.1) is 11.2 Å². The second kappa shape index (κ2) is 7.86. The molecule has 0 unspecified atom stereocenters. The van der Waals surface area contributed by atoms with Crippen molar-refractivity contribution in [3.63, 3.8) is 0 Å². The normalized spacial score (nSPS) is 12.4. The van der Waals surface area contributed by atoms with Crippen molar-refractivity contribution in [1.29, 1.82) is 0 Å². The molecule has 0 radical (unpaired) electrons. The van der Waals surface area contributed by atoms with Gasteiger partial charge in [0.1, 0.15) is 11.6 Å². The molecule has 0 spiro atoms. The first-order chi connectivity index (χ1) is 13.5. The van der Waals surface area contributed by atoms with Crippen LogP contribution in [0, 0.1) is 12.7 Å². The fourth-order valence-electron chi connectivity index (χ4n) is 3.19. The number of hydrogen-bond donors (Lipinski definition) is 1. The topological polar surface area (TPSA) is 26.2 Å². The van der Waals surface area contributed by atoms with Gasteiger partial charge in [-0.25, -0.2) is 4.39 Å². The summed E-state index contributed by atoms with van der Waals surface area (Å²) in [7, 11) is 0.158. The van der Waals surface area contributed by atoms with Crippen LogP contribution in [0.4, 0.5) is 10.1 Å². The molecule has 0 bridgehead atoms. The van der Waals surface area contributed by atoms with Crippen LogP contribution in [0.15, 0.2) is 42.5 Å². The van der Waals surface area contributed by atoms with Crippen LogP contribution >= 0.6 is 0 Å². The van der Waals surface area contributed by atoms with E-state index < -0.39 is 8.32 Å². The summed E-state index contributed by atoms with van der Waals surface area (Å²) in [5.74, 6) is 0.817. The number of anilines is 1. The Balaban J connectivity index is 1.83. The van der Waals surface area contributed by atoms with Crippen LogP contribution in [0.5, 0.6) is 5.75 Å². The van der Waals surface area contributed by atoms with Crippen molar-refractivity contribution in [2.75, 3.05) is 11.9 Å². The lowest BCUT2D eigenvalue weighted by Gasteiger charge is -2.36.